The molecule has 1 atom stereocenters. The first kappa shape index (κ1) is 15.3. The van der Waals surface area contributed by atoms with Crippen LogP contribution in [0.1, 0.15) is 61.4 Å². The molecule has 0 aromatic carbocycles. The molecular weight excluding hydrogens is 276 g/mol. The fourth-order valence-electron chi connectivity index (χ4n) is 3.40. The molecule has 1 fully saturated rings. The summed E-state index contributed by atoms with van der Waals surface area (Å²) in [6, 6.07) is 2.43. The van der Waals surface area contributed by atoms with Crippen molar-refractivity contribution in [2.45, 2.75) is 65.6 Å². The first-order chi connectivity index (χ1) is 10.7. The quantitative estimate of drug-likeness (QED) is 0.865. The molecule has 5 heteroatoms. The maximum absolute atomic E-state index is 5.57. The summed E-state index contributed by atoms with van der Waals surface area (Å²) in [7, 11) is 0. The van der Waals surface area contributed by atoms with Crippen molar-refractivity contribution in [2.24, 2.45) is 0 Å². The monoisotopic (exact) mass is 302 g/mol. The van der Waals surface area contributed by atoms with Crippen molar-refractivity contribution < 1.29 is 4.52 Å². The number of aryl methyl sites for hydroxylation is 2. The standard InChI is InChI=1S/C17H26N4O/c1-4-21-14(3)15(11-18-21)12-20-9-7-5-6-8-16(20)17-10-13(2)19-22-17/h10-11,16H,4-9,12H2,1-3H3/t16-/m0/s1. The van der Waals surface area contributed by atoms with Crippen LogP contribution in [0, 0.1) is 13.8 Å². The zero-order chi connectivity index (χ0) is 15.5. The van der Waals surface area contributed by atoms with Gasteiger partial charge >= 0.3 is 0 Å². The summed E-state index contributed by atoms with van der Waals surface area (Å²) < 4.78 is 7.64. The van der Waals surface area contributed by atoms with Gasteiger partial charge < -0.3 is 4.52 Å². The first-order valence-corrected chi connectivity index (χ1v) is 8.37. The van der Waals surface area contributed by atoms with Gasteiger partial charge in [0.1, 0.15) is 0 Å². The van der Waals surface area contributed by atoms with Gasteiger partial charge in [0.2, 0.25) is 0 Å². The van der Waals surface area contributed by atoms with E-state index in [0.717, 1.165) is 37.5 Å². The van der Waals surface area contributed by atoms with E-state index in [2.05, 4.69) is 39.8 Å². The lowest BCUT2D eigenvalue weighted by molar-refractivity contribution is 0.159. The van der Waals surface area contributed by atoms with Gasteiger partial charge in [-0.25, -0.2) is 0 Å². The highest BCUT2D eigenvalue weighted by atomic mass is 16.5. The van der Waals surface area contributed by atoms with E-state index in [1.165, 1.54) is 30.5 Å². The van der Waals surface area contributed by atoms with Crippen LogP contribution in [0.5, 0.6) is 0 Å². The van der Waals surface area contributed by atoms with Gasteiger partial charge in [0, 0.05) is 30.4 Å². The summed E-state index contributed by atoms with van der Waals surface area (Å²) in [5, 5.41) is 8.56. The number of hydrogen-bond acceptors (Lipinski definition) is 4. The van der Waals surface area contributed by atoms with Crippen molar-refractivity contribution in [1.29, 1.82) is 0 Å². The number of nitrogens with zero attached hydrogens (tertiary/aromatic N) is 4. The van der Waals surface area contributed by atoms with E-state index < -0.39 is 0 Å². The summed E-state index contributed by atoms with van der Waals surface area (Å²) >= 11 is 0. The fraction of sp³-hybridized carbons (Fsp3) is 0.647. The zero-order valence-corrected chi connectivity index (χ0v) is 13.9. The van der Waals surface area contributed by atoms with Crippen molar-refractivity contribution in [1.82, 2.24) is 19.8 Å². The van der Waals surface area contributed by atoms with Gasteiger partial charge in [0.15, 0.2) is 5.76 Å². The second-order valence-corrected chi connectivity index (χ2v) is 6.28. The molecule has 3 rings (SSSR count). The minimum absolute atomic E-state index is 0.341. The third kappa shape index (κ3) is 3.09. The molecule has 0 N–H and O–H groups in total. The van der Waals surface area contributed by atoms with Crippen LogP contribution in [0.25, 0.3) is 0 Å². The van der Waals surface area contributed by atoms with Crippen molar-refractivity contribution in [3.05, 3.63) is 35.0 Å². The SMILES string of the molecule is CCn1ncc(CN2CCCCC[C@H]2c2cc(C)no2)c1C. The van der Waals surface area contributed by atoms with E-state index in [9.17, 15) is 0 Å². The number of likely N-dealkylation sites (tertiary alicyclic amines) is 1. The molecule has 2 aromatic heterocycles. The summed E-state index contributed by atoms with van der Waals surface area (Å²) in [5.41, 5.74) is 3.57. The predicted octanol–water partition coefficient (Wildman–Crippen LogP) is 3.63. The Morgan fingerprint density at radius 1 is 1.27 bits per heavy atom. The molecule has 0 radical (unpaired) electrons. The molecule has 0 amide bonds. The number of hydrogen-bond donors (Lipinski definition) is 0. The van der Waals surface area contributed by atoms with Crippen LogP contribution in [0.3, 0.4) is 0 Å². The van der Waals surface area contributed by atoms with E-state index in [4.69, 9.17) is 4.52 Å². The maximum Gasteiger partial charge on any atom is 0.154 e. The lowest BCUT2D eigenvalue weighted by Crippen LogP contribution is -2.28. The van der Waals surface area contributed by atoms with Crippen LogP contribution >= 0.6 is 0 Å². The normalized spacial score (nSPS) is 20.2. The molecule has 2 aromatic rings. The molecule has 0 spiro atoms. The molecule has 0 aliphatic carbocycles. The Labute approximate surface area is 132 Å². The Bertz CT molecular complexity index is 616. The van der Waals surface area contributed by atoms with Gasteiger partial charge in [-0.3, -0.25) is 9.58 Å². The van der Waals surface area contributed by atoms with Crippen LogP contribution in [-0.2, 0) is 13.1 Å². The van der Waals surface area contributed by atoms with Crippen LogP contribution in [0.15, 0.2) is 16.8 Å². The Morgan fingerprint density at radius 2 is 2.14 bits per heavy atom. The lowest BCUT2D eigenvalue weighted by Gasteiger charge is -2.27. The van der Waals surface area contributed by atoms with Crippen LogP contribution in [0.2, 0.25) is 0 Å². The predicted molar refractivity (Wildman–Crippen MR) is 85.5 cm³/mol. The molecular formula is C17H26N4O. The van der Waals surface area contributed by atoms with Crippen LogP contribution in [-0.4, -0.2) is 26.4 Å². The largest absolute Gasteiger partial charge is 0.359 e. The molecule has 0 bridgehead atoms. The lowest BCUT2D eigenvalue weighted by atomic mass is 10.1. The molecule has 120 valence electrons. The summed E-state index contributed by atoms with van der Waals surface area (Å²) in [6.45, 7) is 9.27. The van der Waals surface area contributed by atoms with Crippen LogP contribution in [0.4, 0.5) is 0 Å². The summed E-state index contributed by atoms with van der Waals surface area (Å²) in [5.74, 6) is 1.01. The highest BCUT2D eigenvalue weighted by Crippen LogP contribution is 2.32. The number of aromatic nitrogens is 3. The molecule has 1 aliphatic rings. The Balaban J connectivity index is 1.82. The van der Waals surface area contributed by atoms with Gasteiger partial charge in [-0.15, -0.1) is 0 Å². The maximum atomic E-state index is 5.57. The van der Waals surface area contributed by atoms with Crippen molar-refractivity contribution >= 4 is 0 Å². The third-order valence-electron chi connectivity index (χ3n) is 4.72. The van der Waals surface area contributed by atoms with Crippen molar-refractivity contribution in [3.63, 3.8) is 0 Å². The first-order valence-electron chi connectivity index (χ1n) is 8.37. The van der Waals surface area contributed by atoms with Gasteiger partial charge in [-0.1, -0.05) is 18.0 Å². The molecule has 0 saturated carbocycles. The third-order valence-corrected chi connectivity index (χ3v) is 4.72. The zero-order valence-electron chi connectivity index (χ0n) is 13.9. The Kier molecular flexibility index (Phi) is 4.62. The molecule has 5 nitrogen and oxygen atoms in total. The average Bonchev–Trinajstić information content (AvgIpc) is 3.00. The van der Waals surface area contributed by atoms with Gasteiger partial charge in [0.05, 0.1) is 17.9 Å². The minimum atomic E-state index is 0.341. The summed E-state index contributed by atoms with van der Waals surface area (Å²) in [4.78, 5) is 2.54. The fourth-order valence-corrected chi connectivity index (χ4v) is 3.40. The van der Waals surface area contributed by atoms with E-state index in [1.54, 1.807) is 0 Å². The van der Waals surface area contributed by atoms with Crippen LogP contribution < -0.4 is 0 Å². The Morgan fingerprint density at radius 3 is 2.82 bits per heavy atom. The Hall–Kier alpha value is -1.62. The highest BCUT2D eigenvalue weighted by molar-refractivity contribution is 5.17. The van der Waals surface area contributed by atoms with E-state index in [1.807, 2.05) is 13.1 Å². The average molecular weight is 302 g/mol. The molecule has 0 unspecified atom stereocenters. The summed E-state index contributed by atoms with van der Waals surface area (Å²) in [6.07, 6.45) is 6.98. The van der Waals surface area contributed by atoms with E-state index >= 15 is 0 Å². The van der Waals surface area contributed by atoms with Gasteiger partial charge in [0.25, 0.3) is 0 Å². The topological polar surface area (TPSA) is 47.1 Å². The van der Waals surface area contributed by atoms with Crippen molar-refractivity contribution in [3.8, 4) is 0 Å². The molecule has 3 heterocycles. The molecule has 22 heavy (non-hydrogen) atoms. The highest BCUT2D eigenvalue weighted by Gasteiger charge is 2.26. The van der Waals surface area contributed by atoms with E-state index in [-0.39, 0.29) is 0 Å². The van der Waals surface area contributed by atoms with Crippen molar-refractivity contribution in [2.75, 3.05) is 6.54 Å². The van der Waals surface area contributed by atoms with E-state index in [0.29, 0.717) is 6.04 Å². The molecule has 1 saturated heterocycles. The van der Waals surface area contributed by atoms with Gasteiger partial charge in [-0.05, 0) is 40.2 Å². The number of rotatable bonds is 4. The molecule has 1 aliphatic heterocycles. The minimum Gasteiger partial charge on any atom is -0.359 e. The second kappa shape index (κ2) is 6.65. The van der Waals surface area contributed by atoms with Gasteiger partial charge in [-0.2, -0.15) is 5.10 Å². The second-order valence-electron chi connectivity index (χ2n) is 6.28. The smallest absolute Gasteiger partial charge is 0.154 e.